The monoisotopic (exact) mass is 183 g/mol. The van der Waals surface area contributed by atoms with Gasteiger partial charge in [-0.3, -0.25) is 4.79 Å². The van der Waals surface area contributed by atoms with Crippen LogP contribution < -0.4 is 5.32 Å². The molecule has 2 fully saturated rings. The minimum Gasteiger partial charge on any atom is -0.481 e. The van der Waals surface area contributed by atoms with Crippen LogP contribution in [0, 0.1) is 11.8 Å². The van der Waals surface area contributed by atoms with Gasteiger partial charge in [0.05, 0.1) is 5.92 Å². The molecule has 0 heterocycles. The molecule has 4 atom stereocenters. The van der Waals surface area contributed by atoms with Gasteiger partial charge < -0.3 is 10.4 Å². The van der Waals surface area contributed by atoms with Gasteiger partial charge in [-0.1, -0.05) is 13.3 Å². The molecule has 0 aromatic heterocycles. The van der Waals surface area contributed by atoms with E-state index in [0.717, 1.165) is 18.8 Å². The molecule has 0 aliphatic heterocycles. The van der Waals surface area contributed by atoms with E-state index in [1.165, 1.54) is 12.8 Å². The van der Waals surface area contributed by atoms with Crippen molar-refractivity contribution in [1.82, 2.24) is 5.32 Å². The zero-order valence-corrected chi connectivity index (χ0v) is 7.99. The molecule has 0 aromatic rings. The van der Waals surface area contributed by atoms with E-state index in [2.05, 4.69) is 12.2 Å². The minimum atomic E-state index is -0.627. The maximum absolute atomic E-state index is 10.7. The second-order valence-electron chi connectivity index (χ2n) is 4.31. The zero-order chi connectivity index (χ0) is 9.42. The maximum Gasteiger partial charge on any atom is 0.308 e. The average molecular weight is 183 g/mol. The molecule has 0 aromatic carbocycles. The van der Waals surface area contributed by atoms with Gasteiger partial charge >= 0.3 is 5.97 Å². The highest BCUT2D eigenvalue weighted by Gasteiger charge is 2.43. The van der Waals surface area contributed by atoms with Gasteiger partial charge in [-0.25, -0.2) is 0 Å². The van der Waals surface area contributed by atoms with Crippen LogP contribution in [0.2, 0.25) is 0 Å². The molecule has 2 saturated carbocycles. The number of carboxylic acid groups (broad SMARTS) is 1. The Bertz CT molecular complexity index is 217. The second-order valence-corrected chi connectivity index (χ2v) is 4.31. The summed E-state index contributed by atoms with van der Waals surface area (Å²) in [6.45, 7) is 2.20. The summed E-state index contributed by atoms with van der Waals surface area (Å²) in [6, 6.07) is 0.885. The Morgan fingerprint density at radius 3 is 2.62 bits per heavy atom. The van der Waals surface area contributed by atoms with E-state index < -0.39 is 5.97 Å². The Morgan fingerprint density at radius 1 is 1.46 bits per heavy atom. The molecule has 0 bridgehead atoms. The van der Waals surface area contributed by atoms with E-state index in [9.17, 15) is 4.79 Å². The van der Waals surface area contributed by atoms with E-state index in [-0.39, 0.29) is 12.0 Å². The predicted octanol–water partition coefficient (Wildman–Crippen LogP) is 1.24. The van der Waals surface area contributed by atoms with E-state index in [4.69, 9.17) is 5.11 Å². The van der Waals surface area contributed by atoms with Crippen LogP contribution in [-0.4, -0.2) is 23.2 Å². The molecule has 2 N–H and O–H groups in total. The first-order valence-electron chi connectivity index (χ1n) is 5.21. The summed E-state index contributed by atoms with van der Waals surface area (Å²) in [5, 5.41) is 12.3. The normalized spacial score (nSPS) is 42.5. The van der Waals surface area contributed by atoms with E-state index in [0.29, 0.717) is 6.04 Å². The summed E-state index contributed by atoms with van der Waals surface area (Å²) in [5.74, 6) is 0.0746. The van der Waals surface area contributed by atoms with Gasteiger partial charge in [0.15, 0.2) is 0 Å². The first-order chi connectivity index (χ1) is 6.22. The van der Waals surface area contributed by atoms with Crippen molar-refractivity contribution in [3.63, 3.8) is 0 Å². The zero-order valence-electron chi connectivity index (χ0n) is 7.99. The second kappa shape index (κ2) is 3.29. The van der Waals surface area contributed by atoms with Gasteiger partial charge in [-0.05, 0) is 25.2 Å². The molecule has 0 amide bonds. The fourth-order valence-electron chi connectivity index (χ4n) is 2.17. The Kier molecular flexibility index (Phi) is 2.28. The van der Waals surface area contributed by atoms with Crippen LogP contribution >= 0.6 is 0 Å². The lowest BCUT2D eigenvalue weighted by Gasteiger charge is -2.34. The lowest BCUT2D eigenvalue weighted by molar-refractivity contribution is -0.146. The number of hydrogen-bond acceptors (Lipinski definition) is 2. The Labute approximate surface area is 78.5 Å². The molecule has 0 spiro atoms. The molecule has 74 valence electrons. The molecule has 0 saturated heterocycles. The van der Waals surface area contributed by atoms with Crippen molar-refractivity contribution in [2.24, 2.45) is 11.8 Å². The summed E-state index contributed by atoms with van der Waals surface area (Å²) in [7, 11) is 0. The van der Waals surface area contributed by atoms with E-state index in [1.807, 2.05) is 0 Å². The molecule has 0 radical (unpaired) electrons. The van der Waals surface area contributed by atoms with Crippen LogP contribution in [0.1, 0.15) is 32.6 Å². The molecular formula is C10H17NO2. The van der Waals surface area contributed by atoms with Crippen LogP contribution in [0.5, 0.6) is 0 Å². The fourth-order valence-corrected chi connectivity index (χ4v) is 2.17. The molecule has 2 aliphatic carbocycles. The first-order valence-corrected chi connectivity index (χ1v) is 5.21. The predicted molar refractivity (Wildman–Crippen MR) is 49.5 cm³/mol. The van der Waals surface area contributed by atoms with Gasteiger partial charge in [-0.2, -0.15) is 0 Å². The van der Waals surface area contributed by atoms with Gasteiger partial charge in [0, 0.05) is 12.1 Å². The molecule has 2 aliphatic rings. The highest BCUT2D eigenvalue weighted by molar-refractivity contribution is 5.72. The number of carbonyl (C=O) groups is 1. The number of nitrogens with one attached hydrogen (secondary N) is 1. The average Bonchev–Trinajstić information content (AvgIpc) is 2.75. The van der Waals surface area contributed by atoms with Gasteiger partial charge in [0.1, 0.15) is 0 Å². The van der Waals surface area contributed by atoms with Crippen LogP contribution in [0.15, 0.2) is 0 Å². The summed E-state index contributed by atoms with van der Waals surface area (Å²) in [5.41, 5.74) is 0. The minimum absolute atomic E-state index is 0.113. The molecule has 4 unspecified atom stereocenters. The third-order valence-corrected chi connectivity index (χ3v) is 3.47. The van der Waals surface area contributed by atoms with Crippen molar-refractivity contribution in [2.45, 2.75) is 44.7 Å². The quantitative estimate of drug-likeness (QED) is 0.689. The summed E-state index contributed by atoms with van der Waals surface area (Å²) >= 11 is 0. The van der Waals surface area contributed by atoms with Crippen molar-refractivity contribution in [1.29, 1.82) is 0 Å². The lowest BCUT2D eigenvalue weighted by atomic mass is 9.79. The Balaban J connectivity index is 1.74. The number of carboxylic acids is 1. The van der Waals surface area contributed by atoms with Crippen molar-refractivity contribution >= 4 is 5.97 Å². The molecule has 3 nitrogen and oxygen atoms in total. The topological polar surface area (TPSA) is 49.3 Å². The Morgan fingerprint density at radius 2 is 2.23 bits per heavy atom. The fraction of sp³-hybridized carbons (Fsp3) is 0.900. The first kappa shape index (κ1) is 9.00. The highest BCUT2D eigenvalue weighted by atomic mass is 16.4. The Hall–Kier alpha value is -0.570. The SMILES string of the molecule is CCC1CC1NC1CCC1C(=O)O. The third kappa shape index (κ3) is 1.70. The summed E-state index contributed by atoms with van der Waals surface area (Å²) < 4.78 is 0. The van der Waals surface area contributed by atoms with Gasteiger partial charge in [-0.15, -0.1) is 0 Å². The third-order valence-electron chi connectivity index (χ3n) is 3.47. The summed E-state index contributed by atoms with van der Waals surface area (Å²) in [4.78, 5) is 10.7. The summed E-state index contributed by atoms with van der Waals surface area (Å²) in [6.07, 6.45) is 4.38. The maximum atomic E-state index is 10.7. The molecular weight excluding hydrogens is 166 g/mol. The van der Waals surface area contributed by atoms with E-state index in [1.54, 1.807) is 0 Å². The number of aliphatic carboxylic acids is 1. The van der Waals surface area contributed by atoms with Gasteiger partial charge in [0.25, 0.3) is 0 Å². The van der Waals surface area contributed by atoms with Crippen LogP contribution in [-0.2, 0) is 4.79 Å². The number of hydrogen-bond donors (Lipinski definition) is 2. The van der Waals surface area contributed by atoms with Crippen LogP contribution in [0.25, 0.3) is 0 Å². The molecule has 2 rings (SSSR count). The van der Waals surface area contributed by atoms with Crippen molar-refractivity contribution in [3.8, 4) is 0 Å². The van der Waals surface area contributed by atoms with Crippen molar-refractivity contribution in [3.05, 3.63) is 0 Å². The van der Waals surface area contributed by atoms with Crippen LogP contribution in [0.4, 0.5) is 0 Å². The smallest absolute Gasteiger partial charge is 0.308 e. The number of rotatable bonds is 4. The molecule has 3 heteroatoms. The van der Waals surface area contributed by atoms with Crippen molar-refractivity contribution in [2.75, 3.05) is 0 Å². The standard InChI is InChI=1S/C10H17NO2/c1-2-6-5-9(6)11-8-4-3-7(8)10(12)13/h6-9,11H,2-5H2,1H3,(H,12,13). The van der Waals surface area contributed by atoms with Gasteiger partial charge in [0.2, 0.25) is 0 Å². The van der Waals surface area contributed by atoms with Crippen molar-refractivity contribution < 1.29 is 9.90 Å². The van der Waals surface area contributed by atoms with Crippen LogP contribution in [0.3, 0.4) is 0 Å². The lowest BCUT2D eigenvalue weighted by Crippen LogP contribution is -2.48. The molecule has 13 heavy (non-hydrogen) atoms. The highest BCUT2D eigenvalue weighted by Crippen LogP contribution is 2.37. The van der Waals surface area contributed by atoms with E-state index >= 15 is 0 Å². The largest absolute Gasteiger partial charge is 0.481 e.